The monoisotopic (exact) mass is 317 g/mol. The number of amides is 1. The zero-order valence-electron chi connectivity index (χ0n) is 14.4. The zero-order chi connectivity index (χ0) is 16.9. The van der Waals surface area contributed by atoms with E-state index in [0.717, 1.165) is 37.2 Å². The summed E-state index contributed by atoms with van der Waals surface area (Å²) in [6.45, 7) is 11.6. The first kappa shape index (κ1) is 17.4. The van der Waals surface area contributed by atoms with Crippen molar-refractivity contribution in [2.24, 2.45) is 5.92 Å². The molecular formula is C19H27NO3. The van der Waals surface area contributed by atoms with Gasteiger partial charge in [0, 0.05) is 13.1 Å². The van der Waals surface area contributed by atoms with Crippen LogP contribution in [0, 0.1) is 5.92 Å². The second-order valence-corrected chi connectivity index (χ2v) is 7.00. The molecule has 0 aliphatic carbocycles. The van der Waals surface area contributed by atoms with Gasteiger partial charge in [0.1, 0.15) is 11.4 Å². The fourth-order valence-corrected chi connectivity index (χ4v) is 2.55. The number of hydrogen-bond donors (Lipinski definition) is 0. The average molecular weight is 317 g/mol. The van der Waals surface area contributed by atoms with Crippen molar-refractivity contribution in [1.29, 1.82) is 0 Å². The number of piperidine rings is 1. The fourth-order valence-electron chi connectivity index (χ4n) is 2.55. The zero-order valence-corrected chi connectivity index (χ0v) is 14.4. The van der Waals surface area contributed by atoms with E-state index < -0.39 is 5.60 Å². The van der Waals surface area contributed by atoms with Gasteiger partial charge in [0.2, 0.25) is 0 Å². The molecule has 0 atom stereocenters. The largest absolute Gasteiger partial charge is 0.493 e. The number of rotatable bonds is 4. The second kappa shape index (κ2) is 7.53. The molecule has 0 unspecified atom stereocenters. The number of nitrogens with zero attached hydrogens (tertiary/aromatic N) is 1. The lowest BCUT2D eigenvalue weighted by atomic mass is 9.98. The van der Waals surface area contributed by atoms with Crippen molar-refractivity contribution in [2.75, 3.05) is 19.7 Å². The number of hydrogen-bond acceptors (Lipinski definition) is 3. The van der Waals surface area contributed by atoms with Crippen molar-refractivity contribution in [3.8, 4) is 5.75 Å². The molecule has 0 N–H and O–H groups in total. The van der Waals surface area contributed by atoms with Crippen molar-refractivity contribution in [3.63, 3.8) is 0 Å². The van der Waals surface area contributed by atoms with E-state index in [9.17, 15) is 4.79 Å². The topological polar surface area (TPSA) is 38.8 Å². The van der Waals surface area contributed by atoms with Crippen LogP contribution in [0.5, 0.6) is 5.75 Å². The lowest BCUT2D eigenvalue weighted by Gasteiger charge is -2.33. The Bertz CT molecular complexity index is 540. The lowest BCUT2D eigenvalue weighted by Crippen LogP contribution is -2.42. The molecule has 1 fully saturated rings. The highest BCUT2D eigenvalue weighted by Gasteiger charge is 2.27. The van der Waals surface area contributed by atoms with E-state index in [-0.39, 0.29) is 6.09 Å². The summed E-state index contributed by atoms with van der Waals surface area (Å²) in [5.74, 6) is 1.35. The second-order valence-electron chi connectivity index (χ2n) is 7.00. The van der Waals surface area contributed by atoms with E-state index in [1.54, 1.807) is 4.90 Å². The van der Waals surface area contributed by atoms with Crippen molar-refractivity contribution < 1.29 is 14.3 Å². The third-order valence-electron chi connectivity index (χ3n) is 3.85. The van der Waals surface area contributed by atoms with Crippen molar-refractivity contribution in [1.82, 2.24) is 4.90 Å². The molecule has 0 spiro atoms. The molecule has 1 aliphatic rings. The summed E-state index contributed by atoms with van der Waals surface area (Å²) in [6.07, 6.45) is 3.49. The highest BCUT2D eigenvalue weighted by atomic mass is 16.6. The third kappa shape index (κ3) is 5.62. The van der Waals surface area contributed by atoms with Crippen LogP contribution in [0.2, 0.25) is 0 Å². The Balaban J connectivity index is 1.76. The predicted molar refractivity (Wildman–Crippen MR) is 92.6 cm³/mol. The molecule has 126 valence electrons. The summed E-state index contributed by atoms with van der Waals surface area (Å²) in [7, 11) is 0. The summed E-state index contributed by atoms with van der Waals surface area (Å²) in [4.78, 5) is 13.8. The quantitative estimate of drug-likeness (QED) is 0.828. The fraction of sp³-hybridized carbons (Fsp3) is 0.526. The van der Waals surface area contributed by atoms with Crippen LogP contribution in [0.4, 0.5) is 4.79 Å². The molecule has 1 aromatic rings. The van der Waals surface area contributed by atoms with E-state index in [0.29, 0.717) is 12.5 Å². The van der Waals surface area contributed by atoms with Crippen LogP contribution < -0.4 is 4.74 Å². The molecule has 4 heteroatoms. The molecule has 1 heterocycles. The van der Waals surface area contributed by atoms with Gasteiger partial charge in [-0.2, -0.15) is 0 Å². The molecule has 2 rings (SSSR count). The molecule has 1 aliphatic heterocycles. The molecule has 1 amide bonds. The Kier molecular flexibility index (Phi) is 5.69. The molecule has 0 bridgehead atoms. The summed E-state index contributed by atoms with van der Waals surface area (Å²) in [6, 6.07) is 7.92. The summed E-state index contributed by atoms with van der Waals surface area (Å²) >= 11 is 0. The molecule has 0 radical (unpaired) electrons. The van der Waals surface area contributed by atoms with Crippen LogP contribution in [0.1, 0.15) is 39.2 Å². The molecule has 23 heavy (non-hydrogen) atoms. The van der Waals surface area contributed by atoms with Crippen LogP contribution in [-0.2, 0) is 4.74 Å². The van der Waals surface area contributed by atoms with Crippen molar-refractivity contribution in [3.05, 3.63) is 36.4 Å². The van der Waals surface area contributed by atoms with Crippen LogP contribution in [0.15, 0.2) is 30.8 Å². The molecule has 0 saturated carbocycles. The third-order valence-corrected chi connectivity index (χ3v) is 3.85. The summed E-state index contributed by atoms with van der Waals surface area (Å²) in [5.41, 5.74) is 0.620. The van der Waals surface area contributed by atoms with E-state index in [2.05, 4.69) is 6.58 Å². The first-order valence-corrected chi connectivity index (χ1v) is 8.20. The first-order chi connectivity index (χ1) is 10.9. The molecule has 1 aromatic carbocycles. The first-order valence-electron chi connectivity index (χ1n) is 8.20. The maximum Gasteiger partial charge on any atom is 0.410 e. The Labute approximate surface area is 139 Å². The molecular weight excluding hydrogens is 290 g/mol. The normalized spacial score (nSPS) is 16.0. The van der Waals surface area contributed by atoms with E-state index in [1.165, 1.54) is 0 Å². The van der Waals surface area contributed by atoms with Crippen LogP contribution in [0.3, 0.4) is 0 Å². The Morgan fingerprint density at radius 3 is 2.65 bits per heavy atom. The Hall–Kier alpha value is -1.97. The number of likely N-dealkylation sites (tertiary alicyclic amines) is 1. The van der Waals surface area contributed by atoms with Gasteiger partial charge in [-0.05, 0) is 57.2 Å². The molecule has 1 saturated heterocycles. The molecule has 0 aromatic heterocycles. The van der Waals surface area contributed by atoms with Gasteiger partial charge in [-0.1, -0.05) is 24.8 Å². The number of carbonyl (C=O) groups excluding carboxylic acids is 1. The SMILES string of the molecule is C=Cc1cccc(OCC2CCN(C(=O)OC(C)(C)C)CC2)c1. The van der Waals surface area contributed by atoms with E-state index >= 15 is 0 Å². The molecule has 4 nitrogen and oxygen atoms in total. The Morgan fingerprint density at radius 2 is 2.04 bits per heavy atom. The summed E-state index contributed by atoms with van der Waals surface area (Å²) < 4.78 is 11.3. The lowest BCUT2D eigenvalue weighted by molar-refractivity contribution is 0.0165. The van der Waals surface area contributed by atoms with Crippen molar-refractivity contribution >= 4 is 12.2 Å². The van der Waals surface area contributed by atoms with Gasteiger partial charge < -0.3 is 14.4 Å². The number of ether oxygens (including phenoxy) is 2. The minimum atomic E-state index is -0.437. The maximum absolute atomic E-state index is 12.0. The minimum Gasteiger partial charge on any atom is -0.493 e. The standard InChI is InChI=1S/C19H27NO3/c1-5-15-7-6-8-17(13-15)22-14-16-9-11-20(12-10-16)18(21)23-19(2,3)4/h5-8,13,16H,1,9-12,14H2,2-4H3. The van der Waals surface area contributed by atoms with Gasteiger partial charge in [0.25, 0.3) is 0 Å². The van der Waals surface area contributed by atoms with E-state index in [4.69, 9.17) is 9.47 Å². The highest BCUT2D eigenvalue weighted by molar-refractivity contribution is 5.68. The van der Waals surface area contributed by atoms with Gasteiger partial charge in [-0.3, -0.25) is 0 Å². The van der Waals surface area contributed by atoms with Gasteiger partial charge >= 0.3 is 6.09 Å². The van der Waals surface area contributed by atoms with Crippen molar-refractivity contribution in [2.45, 2.75) is 39.2 Å². The highest BCUT2D eigenvalue weighted by Crippen LogP contribution is 2.22. The average Bonchev–Trinajstić information content (AvgIpc) is 2.52. The number of carbonyl (C=O) groups is 1. The minimum absolute atomic E-state index is 0.212. The van der Waals surface area contributed by atoms with Gasteiger partial charge in [0.05, 0.1) is 6.61 Å². The maximum atomic E-state index is 12.0. The number of benzene rings is 1. The van der Waals surface area contributed by atoms with E-state index in [1.807, 2.05) is 51.1 Å². The van der Waals surface area contributed by atoms with Crippen LogP contribution in [-0.4, -0.2) is 36.3 Å². The van der Waals surface area contributed by atoms with Gasteiger partial charge in [-0.15, -0.1) is 0 Å². The summed E-state index contributed by atoms with van der Waals surface area (Å²) in [5, 5.41) is 0. The van der Waals surface area contributed by atoms with Gasteiger partial charge in [-0.25, -0.2) is 4.79 Å². The smallest absolute Gasteiger partial charge is 0.410 e. The van der Waals surface area contributed by atoms with Gasteiger partial charge in [0.15, 0.2) is 0 Å². The van der Waals surface area contributed by atoms with Crippen LogP contribution in [0.25, 0.3) is 6.08 Å². The Morgan fingerprint density at radius 1 is 1.35 bits per heavy atom. The predicted octanol–water partition coefficient (Wildman–Crippen LogP) is 4.36. The van der Waals surface area contributed by atoms with Crippen LogP contribution >= 0.6 is 0 Å².